The molecule has 2 amide bonds. The fourth-order valence-corrected chi connectivity index (χ4v) is 1.54. The largest absolute Gasteiger partial charge is 0.471 e. The third-order valence-electron chi connectivity index (χ3n) is 2.53. The van der Waals surface area contributed by atoms with Gasteiger partial charge >= 0.3 is 18.1 Å². The summed E-state index contributed by atoms with van der Waals surface area (Å²) >= 11 is 0. The van der Waals surface area contributed by atoms with Crippen molar-refractivity contribution in [1.29, 1.82) is 0 Å². The van der Waals surface area contributed by atoms with Gasteiger partial charge in [-0.1, -0.05) is 29.4 Å². The number of amides is 2. The summed E-state index contributed by atoms with van der Waals surface area (Å²) in [5.41, 5.74) is 3.18. The Kier molecular flexibility index (Phi) is 4.61. The smallest absolute Gasteiger partial charge is 0.332 e. The van der Waals surface area contributed by atoms with Crippen LogP contribution in [0.1, 0.15) is 11.5 Å². The number of carbonyl (C=O) groups is 1. The first-order chi connectivity index (χ1) is 10.4. The van der Waals surface area contributed by atoms with E-state index in [0.717, 1.165) is 5.56 Å². The number of hydrogen-bond acceptors (Lipinski definition) is 5. The Hall–Kier alpha value is -2.62. The molecular weight excluding hydrogens is 305 g/mol. The molecular formula is C12H11F3N4O3. The minimum absolute atomic E-state index is 0.163. The number of aromatic nitrogens is 2. The maximum atomic E-state index is 12.4. The first kappa shape index (κ1) is 15.8. The number of alkyl halides is 3. The number of halogens is 3. The third kappa shape index (κ3) is 3.95. The van der Waals surface area contributed by atoms with Crippen molar-refractivity contribution in [2.45, 2.75) is 12.7 Å². The van der Waals surface area contributed by atoms with Crippen LogP contribution >= 0.6 is 0 Å². The molecule has 1 heterocycles. The van der Waals surface area contributed by atoms with E-state index in [2.05, 4.69) is 30.3 Å². The predicted octanol–water partition coefficient (Wildman–Crippen LogP) is 2.12. The van der Waals surface area contributed by atoms with Crippen molar-refractivity contribution < 1.29 is 27.3 Å². The number of nitrogens with one attached hydrogen (secondary N) is 2. The summed E-state index contributed by atoms with van der Waals surface area (Å²) < 4.78 is 41.3. The highest BCUT2D eigenvalue weighted by atomic mass is 19.4. The van der Waals surface area contributed by atoms with E-state index in [1.165, 1.54) is 19.2 Å². The highest BCUT2D eigenvalue weighted by Crippen LogP contribution is 2.29. The van der Waals surface area contributed by atoms with Crippen molar-refractivity contribution in [3.05, 3.63) is 35.7 Å². The maximum absolute atomic E-state index is 12.4. The van der Waals surface area contributed by atoms with Crippen molar-refractivity contribution in [2.24, 2.45) is 0 Å². The second kappa shape index (κ2) is 6.43. The molecule has 7 nitrogen and oxygen atoms in total. The monoisotopic (exact) mass is 316 g/mol. The van der Waals surface area contributed by atoms with E-state index in [1.54, 1.807) is 12.1 Å². The van der Waals surface area contributed by atoms with Gasteiger partial charge in [0.15, 0.2) is 0 Å². The predicted molar refractivity (Wildman–Crippen MR) is 67.1 cm³/mol. The average molecular weight is 316 g/mol. The Morgan fingerprint density at radius 1 is 1.32 bits per heavy atom. The van der Waals surface area contributed by atoms with Gasteiger partial charge in [0.2, 0.25) is 5.82 Å². The summed E-state index contributed by atoms with van der Waals surface area (Å²) in [4.78, 5) is 18.8. The Bertz CT molecular complexity index is 640. The number of hydroxylamine groups is 1. The lowest BCUT2D eigenvalue weighted by molar-refractivity contribution is -0.159. The molecule has 118 valence electrons. The highest BCUT2D eigenvalue weighted by Gasteiger charge is 2.38. The van der Waals surface area contributed by atoms with Crippen LogP contribution in [0.5, 0.6) is 0 Å². The van der Waals surface area contributed by atoms with Gasteiger partial charge in [-0.15, -0.1) is 0 Å². The number of urea groups is 1. The molecule has 2 aromatic rings. The molecule has 0 radical (unpaired) electrons. The minimum atomic E-state index is -4.68. The molecule has 0 aliphatic heterocycles. The van der Waals surface area contributed by atoms with Crippen molar-refractivity contribution in [3.8, 4) is 11.4 Å². The summed E-state index contributed by atoms with van der Waals surface area (Å²) in [6.07, 6.45) is -4.68. The maximum Gasteiger partial charge on any atom is 0.471 e. The summed E-state index contributed by atoms with van der Waals surface area (Å²) in [5.74, 6) is -1.56. The molecule has 0 saturated carbocycles. The molecule has 1 aromatic carbocycles. The molecule has 0 spiro atoms. The third-order valence-corrected chi connectivity index (χ3v) is 2.53. The molecule has 10 heteroatoms. The van der Waals surface area contributed by atoms with Crippen LogP contribution in [-0.2, 0) is 17.6 Å². The summed E-state index contributed by atoms with van der Waals surface area (Å²) in [6, 6.07) is 5.77. The molecule has 2 rings (SSSR count). The van der Waals surface area contributed by atoms with Gasteiger partial charge in [0.05, 0.1) is 7.11 Å². The Balaban J connectivity index is 2.03. The van der Waals surface area contributed by atoms with Crippen LogP contribution in [0.25, 0.3) is 11.4 Å². The van der Waals surface area contributed by atoms with Gasteiger partial charge in [0.1, 0.15) is 0 Å². The summed E-state index contributed by atoms with van der Waals surface area (Å²) in [6.45, 7) is 0.218. The molecule has 0 unspecified atom stereocenters. The van der Waals surface area contributed by atoms with Crippen LogP contribution in [0.3, 0.4) is 0 Å². The SMILES string of the molecule is CONC(=O)NCc1ccc(-c2noc(C(F)(F)F)n2)cc1. The second-order valence-corrected chi connectivity index (χ2v) is 4.11. The van der Waals surface area contributed by atoms with Gasteiger partial charge in [0.25, 0.3) is 0 Å². The zero-order valence-electron chi connectivity index (χ0n) is 11.3. The van der Waals surface area contributed by atoms with Crippen molar-refractivity contribution in [3.63, 3.8) is 0 Å². The van der Waals surface area contributed by atoms with E-state index in [4.69, 9.17) is 0 Å². The van der Waals surface area contributed by atoms with Crippen LogP contribution in [0.4, 0.5) is 18.0 Å². The van der Waals surface area contributed by atoms with E-state index in [0.29, 0.717) is 5.56 Å². The zero-order chi connectivity index (χ0) is 16.2. The quantitative estimate of drug-likeness (QED) is 0.843. The fourth-order valence-electron chi connectivity index (χ4n) is 1.54. The zero-order valence-corrected chi connectivity index (χ0v) is 11.3. The normalized spacial score (nSPS) is 11.3. The van der Waals surface area contributed by atoms with E-state index in [9.17, 15) is 18.0 Å². The van der Waals surface area contributed by atoms with Gasteiger partial charge in [-0.2, -0.15) is 18.2 Å². The molecule has 0 fully saturated rings. The lowest BCUT2D eigenvalue weighted by Crippen LogP contribution is -2.34. The standard InChI is InChI=1S/C12H11F3N4O3/c1-21-19-11(20)16-6-7-2-4-8(5-3-7)9-17-10(22-18-9)12(13,14)15/h2-5H,6H2,1H3,(H2,16,19,20). The molecule has 0 aliphatic carbocycles. The number of rotatable bonds is 4. The van der Waals surface area contributed by atoms with Crippen LogP contribution < -0.4 is 10.8 Å². The van der Waals surface area contributed by atoms with Gasteiger partial charge in [-0.3, -0.25) is 4.84 Å². The molecule has 2 N–H and O–H groups in total. The Morgan fingerprint density at radius 3 is 2.55 bits per heavy atom. The minimum Gasteiger partial charge on any atom is -0.332 e. The molecule has 0 saturated heterocycles. The number of hydrogen-bond donors (Lipinski definition) is 2. The van der Waals surface area contributed by atoms with Crippen molar-refractivity contribution >= 4 is 6.03 Å². The van der Waals surface area contributed by atoms with Crippen LogP contribution in [0, 0.1) is 0 Å². The van der Waals surface area contributed by atoms with Gasteiger partial charge in [0, 0.05) is 12.1 Å². The fraction of sp³-hybridized carbons (Fsp3) is 0.250. The van der Waals surface area contributed by atoms with Crippen LogP contribution in [0.2, 0.25) is 0 Å². The van der Waals surface area contributed by atoms with E-state index in [1.807, 2.05) is 0 Å². The van der Waals surface area contributed by atoms with Crippen molar-refractivity contribution in [1.82, 2.24) is 20.9 Å². The number of benzene rings is 1. The summed E-state index contributed by atoms with van der Waals surface area (Å²) in [7, 11) is 1.30. The lowest BCUT2D eigenvalue weighted by atomic mass is 10.1. The van der Waals surface area contributed by atoms with E-state index < -0.39 is 18.1 Å². The number of nitrogens with zero attached hydrogens (tertiary/aromatic N) is 2. The highest BCUT2D eigenvalue weighted by molar-refractivity contribution is 5.72. The average Bonchev–Trinajstić information content (AvgIpc) is 2.96. The Morgan fingerprint density at radius 2 is 2.00 bits per heavy atom. The topological polar surface area (TPSA) is 89.3 Å². The molecule has 1 aromatic heterocycles. The second-order valence-electron chi connectivity index (χ2n) is 4.11. The summed E-state index contributed by atoms with van der Waals surface area (Å²) in [5, 5.41) is 5.79. The Labute approximate surface area is 122 Å². The molecule has 0 aliphatic rings. The van der Waals surface area contributed by atoms with Crippen LogP contribution in [0.15, 0.2) is 28.8 Å². The van der Waals surface area contributed by atoms with Gasteiger partial charge in [-0.05, 0) is 5.56 Å². The number of carbonyl (C=O) groups excluding carboxylic acids is 1. The van der Waals surface area contributed by atoms with Crippen molar-refractivity contribution in [2.75, 3.05) is 7.11 Å². The first-order valence-electron chi connectivity index (χ1n) is 5.97. The molecule has 22 heavy (non-hydrogen) atoms. The van der Waals surface area contributed by atoms with Gasteiger partial charge < -0.3 is 9.84 Å². The van der Waals surface area contributed by atoms with E-state index in [-0.39, 0.29) is 12.4 Å². The lowest BCUT2D eigenvalue weighted by Gasteiger charge is -2.05. The molecule has 0 atom stereocenters. The van der Waals surface area contributed by atoms with Gasteiger partial charge in [-0.25, -0.2) is 10.3 Å². The van der Waals surface area contributed by atoms with E-state index >= 15 is 0 Å². The first-order valence-corrected chi connectivity index (χ1v) is 5.97. The molecule has 0 bridgehead atoms. The van der Waals surface area contributed by atoms with Crippen LogP contribution in [-0.4, -0.2) is 23.3 Å².